The van der Waals surface area contributed by atoms with Gasteiger partial charge in [-0.05, 0) is 24.3 Å². The number of carboxylic acids is 1. The Morgan fingerprint density at radius 2 is 1.85 bits per heavy atom. The molecule has 5 heteroatoms. The SMILES string of the molecule is O=C(NCC1CCCC1)N[C@H](C(=O)O)c1ccccc1. The molecule has 0 bridgehead atoms. The van der Waals surface area contributed by atoms with Crippen molar-refractivity contribution in [3.8, 4) is 0 Å². The van der Waals surface area contributed by atoms with Crippen molar-refractivity contribution in [2.45, 2.75) is 31.7 Å². The van der Waals surface area contributed by atoms with Gasteiger partial charge in [0, 0.05) is 6.54 Å². The Morgan fingerprint density at radius 1 is 1.20 bits per heavy atom. The number of carbonyl (C=O) groups is 2. The number of carbonyl (C=O) groups excluding carboxylic acids is 1. The van der Waals surface area contributed by atoms with E-state index >= 15 is 0 Å². The molecule has 0 heterocycles. The lowest BCUT2D eigenvalue weighted by Gasteiger charge is -2.17. The van der Waals surface area contributed by atoms with Gasteiger partial charge in [0.2, 0.25) is 0 Å². The zero-order valence-corrected chi connectivity index (χ0v) is 11.3. The minimum atomic E-state index is -1.06. The van der Waals surface area contributed by atoms with E-state index in [1.807, 2.05) is 6.07 Å². The van der Waals surface area contributed by atoms with Crippen LogP contribution in [0.15, 0.2) is 30.3 Å². The van der Waals surface area contributed by atoms with E-state index in [0.29, 0.717) is 18.0 Å². The molecular formula is C15H20N2O3. The summed E-state index contributed by atoms with van der Waals surface area (Å²) in [4.78, 5) is 23.1. The molecule has 1 aliphatic rings. The summed E-state index contributed by atoms with van der Waals surface area (Å²) >= 11 is 0. The van der Waals surface area contributed by atoms with Gasteiger partial charge >= 0.3 is 12.0 Å². The molecule has 0 spiro atoms. The first-order valence-corrected chi connectivity index (χ1v) is 6.99. The van der Waals surface area contributed by atoms with Crippen LogP contribution in [0.3, 0.4) is 0 Å². The third kappa shape index (κ3) is 3.98. The second-order valence-electron chi connectivity index (χ2n) is 5.19. The summed E-state index contributed by atoms with van der Waals surface area (Å²) in [6, 6.07) is 7.26. The van der Waals surface area contributed by atoms with E-state index in [1.165, 1.54) is 12.8 Å². The molecule has 1 atom stereocenters. The minimum Gasteiger partial charge on any atom is -0.479 e. The third-order valence-corrected chi connectivity index (χ3v) is 3.68. The lowest BCUT2D eigenvalue weighted by atomic mass is 10.1. The second kappa shape index (κ2) is 6.93. The molecule has 0 aliphatic heterocycles. The molecule has 5 nitrogen and oxygen atoms in total. The Kier molecular flexibility index (Phi) is 4.98. The molecule has 2 rings (SSSR count). The van der Waals surface area contributed by atoms with Gasteiger partial charge in [0.1, 0.15) is 0 Å². The molecule has 0 aromatic heterocycles. The monoisotopic (exact) mass is 276 g/mol. The van der Waals surface area contributed by atoms with Crippen LogP contribution in [-0.2, 0) is 4.79 Å². The van der Waals surface area contributed by atoms with Crippen molar-refractivity contribution < 1.29 is 14.7 Å². The van der Waals surface area contributed by atoms with Crippen molar-refractivity contribution in [1.29, 1.82) is 0 Å². The highest BCUT2D eigenvalue weighted by Gasteiger charge is 2.22. The van der Waals surface area contributed by atoms with Crippen LogP contribution in [0.5, 0.6) is 0 Å². The number of urea groups is 1. The lowest BCUT2D eigenvalue weighted by Crippen LogP contribution is -2.42. The molecule has 3 N–H and O–H groups in total. The molecule has 1 fully saturated rings. The number of benzene rings is 1. The van der Waals surface area contributed by atoms with Crippen LogP contribution in [0.2, 0.25) is 0 Å². The van der Waals surface area contributed by atoms with Crippen LogP contribution in [0.25, 0.3) is 0 Å². The first-order valence-electron chi connectivity index (χ1n) is 6.99. The maximum absolute atomic E-state index is 11.8. The predicted octanol–water partition coefficient (Wildman–Crippen LogP) is 2.30. The quantitative estimate of drug-likeness (QED) is 0.772. The molecule has 2 amide bonds. The summed E-state index contributed by atoms with van der Waals surface area (Å²) in [5.41, 5.74) is 0.566. The molecule has 20 heavy (non-hydrogen) atoms. The van der Waals surface area contributed by atoms with E-state index in [1.54, 1.807) is 24.3 Å². The maximum Gasteiger partial charge on any atom is 0.330 e. The maximum atomic E-state index is 11.8. The van der Waals surface area contributed by atoms with Gasteiger partial charge in [0.25, 0.3) is 0 Å². The standard InChI is InChI=1S/C15H20N2O3/c18-14(19)13(12-8-2-1-3-9-12)17-15(20)16-10-11-6-4-5-7-11/h1-3,8-9,11,13H,4-7,10H2,(H,18,19)(H2,16,17,20)/t13-/m0/s1. The second-order valence-corrected chi connectivity index (χ2v) is 5.19. The third-order valence-electron chi connectivity index (χ3n) is 3.68. The first kappa shape index (κ1) is 14.4. The minimum absolute atomic E-state index is 0.423. The first-order chi connectivity index (χ1) is 9.66. The Morgan fingerprint density at radius 3 is 2.45 bits per heavy atom. The average molecular weight is 276 g/mol. The summed E-state index contributed by atoms with van der Waals surface area (Å²) in [6.07, 6.45) is 4.72. The van der Waals surface area contributed by atoms with Crippen molar-refractivity contribution in [2.75, 3.05) is 6.54 Å². The molecule has 0 saturated heterocycles. The van der Waals surface area contributed by atoms with Crippen molar-refractivity contribution in [1.82, 2.24) is 10.6 Å². The van der Waals surface area contributed by atoms with E-state index in [-0.39, 0.29) is 0 Å². The fourth-order valence-electron chi connectivity index (χ4n) is 2.57. The zero-order valence-electron chi connectivity index (χ0n) is 11.3. The molecule has 0 unspecified atom stereocenters. The van der Waals surface area contributed by atoms with Gasteiger partial charge < -0.3 is 15.7 Å². The van der Waals surface area contributed by atoms with Crippen molar-refractivity contribution in [3.63, 3.8) is 0 Å². The molecule has 1 aromatic carbocycles. The summed E-state index contributed by atoms with van der Waals surface area (Å²) in [5.74, 6) is -0.534. The smallest absolute Gasteiger partial charge is 0.330 e. The van der Waals surface area contributed by atoms with Gasteiger partial charge in [-0.15, -0.1) is 0 Å². The molecule has 1 aliphatic carbocycles. The molecular weight excluding hydrogens is 256 g/mol. The molecule has 108 valence electrons. The van der Waals surface area contributed by atoms with Crippen LogP contribution < -0.4 is 10.6 Å². The zero-order chi connectivity index (χ0) is 14.4. The molecule has 0 radical (unpaired) electrons. The summed E-state index contributed by atoms with van der Waals surface area (Å²) in [5, 5.41) is 14.5. The average Bonchev–Trinajstić information content (AvgIpc) is 2.96. The summed E-state index contributed by atoms with van der Waals surface area (Å²) in [6.45, 7) is 0.618. The van der Waals surface area contributed by atoms with Gasteiger partial charge in [-0.25, -0.2) is 9.59 Å². The summed E-state index contributed by atoms with van der Waals surface area (Å²) in [7, 11) is 0. The van der Waals surface area contributed by atoms with Gasteiger partial charge in [0.05, 0.1) is 0 Å². The van der Waals surface area contributed by atoms with E-state index in [4.69, 9.17) is 0 Å². The normalized spacial score (nSPS) is 16.6. The molecule has 1 aromatic rings. The number of nitrogens with one attached hydrogen (secondary N) is 2. The number of aliphatic carboxylic acids is 1. The predicted molar refractivity (Wildman–Crippen MR) is 75.3 cm³/mol. The van der Waals surface area contributed by atoms with Gasteiger partial charge in [-0.3, -0.25) is 0 Å². The fourth-order valence-corrected chi connectivity index (χ4v) is 2.57. The Balaban J connectivity index is 1.87. The van der Waals surface area contributed by atoms with Gasteiger partial charge in [0.15, 0.2) is 6.04 Å². The van der Waals surface area contributed by atoms with Crippen LogP contribution in [0, 0.1) is 5.92 Å². The Hall–Kier alpha value is -2.04. The highest BCUT2D eigenvalue weighted by atomic mass is 16.4. The van der Waals surface area contributed by atoms with E-state index in [0.717, 1.165) is 12.8 Å². The van der Waals surface area contributed by atoms with Crippen molar-refractivity contribution in [2.24, 2.45) is 5.92 Å². The van der Waals surface area contributed by atoms with Gasteiger partial charge in [-0.1, -0.05) is 43.2 Å². The number of hydrogen-bond acceptors (Lipinski definition) is 2. The number of hydrogen-bond donors (Lipinski definition) is 3. The van der Waals surface area contributed by atoms with E-state index in [2.05, 4.69) is 10.6 Å². The molecule has 1 saturated carbocycles. The largest absolute Gasteiger partial charge is 0.479 e. The van der Waals surface area contributed by atoms with Crippen LogP contribution in [0.1, 0.15) is 37.3 Å². The van der Waals surface area contributed by atoms with Crippen molar-refractivity contribution >= 4 is 12.0 Å². The number of rotatable bonds is 5. The number of carboxylic acid groups (broad SMARTS) is 1. The van der Waals surface area contributed by atoms with E-state index in [9.17, 15) is 14.7 Å². The highest BCUT2D eigenvalue weighted by Crippen LogP contribution is 2.23. The Labute approximate surface area is 118 Å². The lowest BCUT2D eigenvalue weighted by molar-refractivity contribution is -0.139. The highest BCUT2D eigenvalue weighted by molar-refractivity contribution is 5.83. The van der Waals surface area contributed by atoms with Crippen LogP contribution >= 0.6 is 0 Å². The van der Waals surface area contributed by atoms with Gasteiger partial charge in [-0.2, -0.15) is 0 Å². The van der Waals surface area contributed by atoms with Crippen LogP contribution in [-0.4, -0.2) is 23.7 Å². The van der Waals surface area contributed by atoms with Crippen LogP contribution in [0.4, 0.5) is 4.79 Å². The fraction of sp³-hybridized carbons (Fsp3) is 0.467. The summed E-state index contributed by atoms with van der Waals surface area (Å²) < 4.78 is 0. The van der Waals surface area contributed by atoms with E-state index < -0.39 is 18.0 Å². The number of amides is 2. The topological polar surface area (TPSA) is 78.4 Å². The Bertz CT molecular complexity index is 455. The van der Waals surface area contributed by atoms with Crippen molar-refractivity contribution in [3.05, 3.63) is 35.9 Å².